The number of anilines is 1. The maximum absolute atomic E-state index is 12.5. The Morgan fingerprint density at radius 3 is 2.45 bits per heavy atom. The van der Waals surface area contributed by atoms with Gasteiger partial charge in [-0.2, -0.15) is 0 Å². The van der Waals surface area contributed by atoms with Crippen LogP contribution in [0, 0.1) is 0 Å². The highest BCUT2D eigenvalue weighted by molar-refractivity contribution is 9.10. The lowest BCUT2D eigenvalue weighted by atomic mass is 10.1. The van der Waals surface area contributed by atoms with E-state index in [1.54, 1.807) is 0 Å². The van der Waals surface area contributed by atoms with Gasteiger partial charge in [0.1, 0.15) is 11.5 Å². The summed E-state index contributed by atoms with van der Waals surface area (Å²) in [6, 6.07) is 12.0. The van der Waals surface area contributed by atoms with Crippen molar-refractivity contribution in [1.29, 1.82) is 0 Å². The number of hydrogen-bond donors (Lipinski definition) is 2. The fraction of sp³-hybridized carbons (Fsp3) is 0.318. The molecule has 1 saturated heterocycles. The molecule has 1 amide bonds. The number of ether oxygens (including phenoxy) is 2. The van der Waals surface area contributed by atoms with E-state index in [2.05, 4.69) is 45.6 Å². The largest absolute Gasteiger partial charge is 0.493 e. The van der Waals surface area contributed by atoms with Gasteiger partial charge in [-0.1, -0.05) is 30.8 Å². The molecular formula is C22H25BrN2O3S. The van der Waals surface area contributed by atoms with Crippen molar-refractivity contribution in [3.05, 3.63) is 56.9 Å². The highest BCUT2D eigenvalue weighted by Crippen LogP contribution is 2.37. The van der Waals surface area contributed by atoms with E-state index in [0.717, 1.165) is 27.9 Å². The minimum absolute atomic E-state index is 0.106. The van der Waals surface area contributed by atoms with Crippen molar-refractivity contribution in [1.82, 2.24) is 5.32 Å². The third kappa shape index (κ3) is 5.48. The molecule has 1 unspecified atom stereocenters. The van der Waals surface area contributed by atoms with E-state index in [0.29, 0.717) is 23.9 Å². The lowest BCUT2D eigenvalue weighted by Gasteiger charge is -2.13. The summed E-state index contributed by atoms with van der Waals surface area (Å²) >= 11 is 4.99. The second kappa shape index (κ2) is 10.1. The summed E-state index contributed by atoms with van der Waals surface area (Å²) in [5.74, 6) is 1.30. The van der Waals surface area contributed by atoms with Gasteiger partial charge in [-0.15, -0.1) is 0 Å². The monoisotopic (exact) mass is 476 g/mol. The Bertz CT molecular complexity index is 900. The number of carbonyl (C=O) groups excluding carboxylic acids is 1. The van der Waals surface area contributed by atoms with Crippen LogP contribution >= 0.6 is 27.7 Å². The zero-order chi connectivity index (χ0) is 20.8. The molecule has 1 atom stereocenters. The summed E-state index contributed by atoms with van der Waals surface area (Å²) in [4.78, 5) is 13.1. The first kappa shape index (κ1) is 21.6. The standard InChI is InChI=1S/C22H25BrN2O3S/c1-4-14-7-9-16(10-8-14)24-22-25-21(26)20(29-22)12-15-11-17(23)19(28-6-3)13-18(15)27-5-2/h7-13,22,24H,4-6H2,1-3H3,(H,25,26)/b20-12-. The number of hydrogen-bond acceptors (Lipinski definition) is 5. The molecule has 3 rings (SSSR count). The van der Waals surface area contributed by atoms with Gasteiger partial charge in [0.2, 0.25) is 0 Å². The van der Waals surface area contributed by atoms with Gasteiger partial charge in [0.05, 0.1) is 22.6 Å². The molecular weight excluding hydrogens is 452 g/mol. The lowest BCUT2D eigenvalue weighted by molar-refractivity contribution is -0.116. The summed E-state index contributed by atoms with van der Waals surface area (Å²) in [6.07, 6.45) is 2.86. The third-order valence-electron chi connectivity index (χ3n) is 4.34. The van der Waals surface area contributed by atoms with Crippen molar-refractivity contribution in [2.75, 3.05) is 18.5 Å². The van der Waals surface area contributed by atoms with Crippen LogP contribution in [0.25, 0.3) is 6.08 Å². The molecule has 0 bridgehead atoms. The van der Waals surface area contributed by atoms with Crippen LogP contribution in [0.3, 0.4) is 0 Å². The Hall–Kier alpha value is -2.12. The average Bonchev–Trinajstić information content (AvgIpc) is 3.05. The van der Waals surface area contributed by atoms with Crippen LogP contribution in [0.5, 0.6) is 11.5 Å². The summed E-state index contributed by atoms with van der Waals surface area (Å²) in [5.41, 5.74) is 2.86. The molecule has 1 aliphatic heterocycles. The number of carbonyl (C=O) groups is 1. The zero-order valence-corrected chi connectivity index (χ0v) is 19.2. The number of benzene rings is 2. The van der Waals surface area contributed by atoms with Gasteiger partial charge in [-0.05, 0) is 66.0 Å². The lowest BCUT2D eigenvalue weighted by Crippen LogP contribution is -2.30. The number of thioether (sulfide) groups is 1. The van der Waals surface area contributed by atoms with Gasteiger partial charge in [-0.25, -0.2) is 0 Å². The average molecular weight is 477 g/mol. The van der Waals surface area contributed by atoms with Crippen molar-refractivity contribution < 1.29 is 14.3 Å². The zero-order valence-electron chi connectivity index (χ0n) is 16.8. The Balaban J connectivity index is 1.79. The maximum Gasteiger partial charge on any atom is 0.260 e. The van der Waals surface area contributed by atoms with Gasteiger partial charge in [0.25, 0.3) is 5.91 Å². The molecule has 2 N–H and O–H groups in total. The fourth-order valence-electron chi connectivity index (χ4n) is 2.90. The molecule has 0 aromatic heterocycles. The quantitative estimate of drug-likeness (QED) is 0.498. The topological polar surface area (TPSA) is 59.6 Å². The minimum Gasteiger partial charge on any atom is -0.493 e. The molecule has 1 fully saturated rings. The Labute approximate surface area is 184 Å². The Morgan fingerprint density at radius 2 is 1.79 bits per heavy atom. The van der Waals surface area contributed by atoms with Gasteiger partial charge < -0.3 is 20.1 Å². The molecule has 154 valence electrons. The van der Waals surface area contributed by atoms with Crippen LogP contribution in [0.15, 0.2) is 45.8 Å². The van der Waals surface area contributed by atoms with E-state index in [1.807, 2.05) is 44.2 Å². The van der Waals surface area contributed by atoms with E-state index >= 15 is 0 Å². The highest BCUT2D eigenvalue weighted by Gasteiger charge is 2.27. The van der Waals surface area contributed by atoms with Crippen LogP contribution in [0.2, 0.25) is 0 Å². The molecule has 0 saturated carbocycles. The normalized spacial score (nSPS) is 17.3. The van der Waals surface area contributed by atoms with Crippen LogP contribution in [-0.4, -0.2) is 24.6 Å². The molecule has 0 spiro atoms. The van der Waals surface area contributed by atoms with Crippen LogP contribution in [-0.2, 0) is 11.2 Å². The Morgan fingerprint density at radius 1 is 1.10 bits per heavy atom. The molecule has 29 heavy (non-hydrogen) atoms. The maximum atomic E-state index is 12.5. The summed E-state index contributed by atoms with van der Waals surface area (Å²) in [7, 11) is 0. The van der Waals surface area contributed by atoms with Crippen LogP contribution < -0.4 is 20.1 Å². The first-order valence-electron chi connectivity index (χ1n) is 9.67. The molecule has 1 aliphatic rings. The van der Waals surface area contributed by atoms with Crippen molar-refractivity contribution in [2.45, 2.75) is 32.7 Å². The molecule has 5 nitrogen and oxygen atoms in total. The smallest absolute Gasteiger partial charge is 0.260 e. The molecule has 2 aromatic rings. The highest BCUT2D eigenvalue weighted by atomic mass is 79.9. The molecule has 0 aliphatic carbocycles. The summed E-state index contributed by atoms with van der Waals surface area (Å²) in [6.45, 7) is 7.09. The number of rotatable bonds is 8. The molecule has 0 radical (unpaired) electrons. The molecule has 1 heterocycles. The van der Waals surface area contributed by atoms with Gasteiger partial charge in [-0.3, -0.25) is 4.79 Å². The molecule has 7 heteroatoms. The summed E-state index contributed by atoms with van der Waals surface area (Å²) < 4.78 is 12.2. The second-order valence-corrected chi connectivity index (χ2v) is 8.36. The first-order chi connectivity index (χ1) is 14.0. The predicted octanol–water partition coefficient (Wildman–Crippen LogP) is 5.41. The van der Waals surface area contributed by atoms with Gasteiger partial charge in [0, 0.05) is 17.3 Å². The van der Waals surface area contributed by atoms with E-state index in [1.165, 1.54) is 17.3 Å². The minimum atomic E-state index is -0.220. The van der Waals surface area contributed by atoms with Crippen LogP contribution in [0.1, 0.15) is 31.9 Å². The van der Waals surface area contributed by atoms with E-state index in [4.69, 9.17) is 9.47 Å². The molecule has 2 aromatic carbocycles. The van der Waals surface area contributed by atoms with E-state index in [-0.39, 0.29) is 11.4 Å². The predicted molar refractivity (Wildman–Crippen MR) is 123 cm³/mol. The van der Waals surface area contributed by atoms with Gasteiger partial charge in [0.15, 0.2) is 5.50 Å². The fourth-order valence-corrected chi connectivity index (χ4v) is 4.36. The van der Waals surface area contributed by atoms with E-state index in [9.17, 15) is 4.79 Å². The Kier molecular flexibility index (Phi) is 7.50. The number of amides is 1. The second-order valence-electron chi connectivity index (χ2n) is 6.36. The number of aryl methyl sites for hydroxylation is 1. The number of halogens is 1. The first-order valence-corrected chi connectivity index (χ1v) is 11.3. The SMILES string of the molecule is CCOc1cc(OCC)c(/C=C2\SC(Nc3ccc(CC)cc3)NC2=O)cc1Br. The van der Waals surface area contributed by atoms with Crippen molar-refractivity contribution in [2.24, 2.45) is 0 Å². The van der Waals surface area contributed by atoms with Crippen molar-refractivity contribution in [3.63, 3.8) is 0 Å². The van der Waals surface area contributed by atoms with Crippen LogP contribution in [0.4, 0.5) is 5.69 Å². The van der Waals surface area contributed by atoms with Gasteiger partial charge >= 0.3 is 0 Å². The van der Waals surface area contributed by atoms with E-state index < -0.39 is 0 Å². The summed E-state index contributed by atoms with van der Waals surface area (Å²) in [5, 5.41) is 6.31. The van der Waals surface area contributed by atoms with Crippen molar-refractivity contribution >= 4 is 45.4 Å². The van der Waals surface area contributed by atoms with Crippen molar-refractivity contribution in [3.8, 4) is 11.5 Å². The third-order valence-corrected chi connectivity index (χ3v) is 5.99. The number of nitrogens with one attached hydrogen (secondary N) is 2.